The van der Waals surface area contributed by atoms with Crippen LogP contribution >= 0.6 is 0 Å². The first kappa shape index (κ1) is 17.9. The molecule has 3 aromatic heterocycles. The number of rotatable bonds is 3. The van der Waals surface area contributed by atoms with Crippen molar-refractivity contribution in [2.24, 2.45) is 0 Å². The molecule has 0 unspecified atom stereocenters. The topological polar surface area (TPSA) is 55.1 Å². The predicted octanol–water partition coefficient (Wildman–Crippen LogP) is 4.32. The number of hydrogen-bond acceptors (Lipinski definition) is 5. The molecule has 0 spiro atoms. The van der Waals surface area contributed by atoms with E-state index in [1.165, 1.54) is 13.0 Å². The highest BCUT2D eigenvalue weighted by atomic mass is 19.4. The van der Waals surface area contributed by atoms with Crippen molar-refractivity contribution < 1.29 is 17.7 Å². The van der Waals surface area contributed by atoms with Gasteiger partial charge in [0.25, 0.3) is 5.71 Å². The van der Waals surface area contributed by atoms with Crippen LogP contribution in [-0.4, -0.2) is 33.1 Å². The third-order valence-electron chi connectivity index (χ3n) is 5.06. The highest BCUT2D eigenvalue weighted by molar-refractivity contribution is 5.80. The van der Waals surface area contributed by atoms with Crippen molar-refractivity contribution in [1.82, 2.24) is 20.0 Å². The van der Waals surface area contributed by atoms with Crippen LogP contribution in [0.15, 0.2) is 35.0 Å². The number of fused-ring (bicyclic) bond motifs is 1. The molecule has 142 valence electrons. The molecule has 5 nitrogen and oxygen atoms in total. The van der Waals surface area contributed by atoms with Crippen LogP contribution in [0.5, 0.6) is 0 Å². The fourth-order valence-electron chi connectivity index (χ4n) is 3.65. The number of hydrogen-bond donors (Lipinski definition) is 0. The third-order valence-corrected chi connectivity index (χ3v) is 5.06. The van der Waals surface area contributed by atoms with Crippen molar-refractivity contribution in [3.05, 3.63) is 53.1 Å². The average Bonchev–Trinajstić information content (AvgIpc) is 3.03. The van der Waals surface area contributed by atoms with Crippen LogP contribution in [0.4, 0.5) is 13.2 Å². The molecule has 0 amide bonds. The van der Waals surface area contributed by atoms with Crippen LogP contribution in [0.2, 0.25) is 0 Å². The summed E-state index contributed by atoms with van der Waals surface area (Å²) in [5.74, 6) is -0.0270. The third kappa shape index (κ3) is 3.66. The molecule has 1 aliphatic rings. The smallest absolute Gasteiger partial charge is 0.336 e. The normalized spacial score (nSPS) is 16.9. The molecule has 4 rings (SSSR count). The van der Waals surface area contributed by atoms with Crippen LogP contribution in [0, 0.1) is 6.92 Å². The van der Waals surface area contributed by atoms with Crippen molar-refractivity contribution in [1.29, 1.82) is 0 Å². The summed E-state index contributed by atoms with van der Waals surface area (Å²) >= 11 is 0. The largest absolute Gasteiger partial charge is 0.417 e. The van der Waals surface area contributed by atoms with Gasteiger partial charge in [0.2, 0.25) is 0 Å². The zero-order chi connectivity index (χ0) is 19.0. The predicted molar refractivity (Wildman–Crippen MR) is 93.0 cm³/mol. The van der Waals surface area contributed by atoms with Gasteiger partial charge >= 0.3 is 6.18 Å². The van der Waals surface area contributed by atoms with E-state index in [9.17, 15) is 13.2 Å². The minimum atomic E-state index is -4.47. The van der Waals surface area contributed by atoms with E-state index >= 15 is 0 Å². The summed E-state index contributed by atoms with van der Waals surface area (Å²) in [5.41, 5.74) is 0.891. The molecule has 0 aliphatic carbocycles. The van der Waals surface area contributed by atoms with Crippen LogP contribution in [0.1, 0.15) is 41.4 Å². The van der Waals surface area contributed by atoms with Gasteiger partial charge in [-0.25, -0.2) is 4.98 Å². The van der Waals surface area contributed by atoms with Crippen LogP contribution in [-0.2, 0) is 12.7 Å². The summed E-state index contributed by atoms with van der Waals surface area (Å²) in [7, 11) is 0. The molecule has 0 radical (unpaired) electrons. The first-order chi connectivity index (χ1) is 12.9. The molecule has 0 saturated carbocycles. The number of nitrogens with zero attached hydrogens (tertiary/aromatic N) is 4. The average molecular weight is 376 g/mol. The SMILES string of the molecule is Cc1noc2nc(C3CCN(Cc4ccccn4)CC3)cc(C(F)(F)F)c12. The molecule has 0 N–H and O–H groups in total. The molecule has 3 aromatic rings. The summed E-state index contributed by atoms with van der Waals surface area (Å²) in [6, 6.07) is 6.97. The second-order valence-corrected chi connectivity index (χ2v) is 6.91. The van der Waals surface area contributed by atoms with Gasteiger partial charge < -0.3 is 4.52 Å². The van der Waals surface area contributed by atoms with Gasteiger partial charge in [0.05, 0.1) is 22.3 Å². The van der Waals surface area contributed by atoms with Gasteiger partial charge in [0.15, 0.2) is 0 Å². The standard InChI is InChI=1S/C19H19F3N4O/c1-12-17-15(19(20,21)22)10-16(24-18(17)27-25-12)13-5-8-26(9-6-13)11-14-4-2-3-7-23-14/h2-4,7,10,13H,5-6,8-9,11H2,1H3. The molecule has 1 saturated heterocycles. The number of halogens is 3. The maximum atomic E-state index is 13.5. The van der Waals surface area contributed by atoms with E-state index < -0.39 is 11.7 Å². The zero-order valence-electron chi connectivity index (χ0n) is 14.8. The van der Waals surface area contributed by atoms with E-state index in [-0.39, 0.29) is 22.7 Å². The fourth-order valence-corrected chi connectivity index (χ4v) is 3.65. The van der Waals surface area contributed by atoms with E-state index in [0.29, 0.717) is 5.69 Å². The lowest BCUT2D eigenvalue weighted by Crippen LogP contribution is -2.33. The number of likely N-dealkylation sites (tertiary alicyclic amines) is 1. The van der Waals surface area contributed by atoms with Crippen LogP contribution in [0.3, 0.4) is 0 Å². The van der Waals surface area contributed by atoms with E-state index in [1.807, 2.05) is 18.2 Å². The van der Waals surface area contributed by atoms with Crippen LogP contribution < -0.4 is 0 Å². The minimum absolute atomic E-state index is 0.0270. The van der Waals surface area contributed by atoms with Crippen molar-refractivity contribution >= 4 is 11.1 Å². The van der Waals surface area contributed by atoms with Crippen molar-refractivity contribution in [3.8, 4) is 0 Å². The molecule has 1 fully saturated rings. The van der Waals surface area contributed by atoms with Gasteiger partial charge in [0.1, 0.15) is 0 Å². The number of aromatic nitrogens is 3. The van der Waals surface area contributed by atoms with Gasteiger partial charge in [-0.1, -0.05) is 11.2 Å². The number of aryl methyl sites for hydroxylation is 1. The molecule has 27 heavy (non-hydrogen) atoms. The van der Waals surface area contributed by atoms with E-state index in [1.54, 1.807) is 6.20 Å². The van der Waals surface area contributed by atoms with Gasteiger partial charge in [0, 0.05) is 24.4 Å². The van der Waals surface area contributed by atoms with Crippen molar-refractivity contribution in [3.63, 3.8) is 0 Å². The summed E-state index contributed by atoms with van der Waals surface area (Å²) in [6.45, 7) is 3.82. The van der Waals surface area contributed by atoms with E-state index in [4.69, 9.17) is 4.52 Å². The lowest BCUT2D eigenvalue weighted by atomic mass is 9.91. The Morgan fingerprint density at radius 3 is 2.67 bits per heavy atom. The first-order valence-electron chi connectivity index (χ1n) is 8.88. The first-order valence-corrected chi connectivity index (χ1v) is 8.88. The number of alkyl halides is 3. The zero-order valence-corrected chi connectivity index (χ0v) is 14.8. The molecular formula is C19H19F3N4O. The van der Waals surface area contributed by atoms with E-state index in [0.717, 1.165) is 38.2 Å². The number of piperidine rings is 1. The molecule has 0 atom stereocenters. The molecule has 0 bridgehead atoms. The highest BCUT2D eigenvalue weighted by Crippen LogP contribution is 2.38. The maximum Gasteiger partial charge on any atom is 0.417 e. The summed E-state index contributed by atoms with van der Waals surface area (Å²) in [5, 5.41) is 3.62. The van der Waals surface area contributed by atoms with Gasteiger partial charge in [-0.15, -0.1) is 0 Å². The molecular weight excluding hydrogens is 357 g/mol. The Hall–Kier alpha value is -2.48. The molecule has 8 heteroatoms. The van der Waals surface area contributed by atoms with Gasteiger partial charge in [-0.2, -0.15) is 13.2 Å². The maximum absolute atomic E-state index is 13.5. The Morgan fingerprint density at radius 2 is 2.00 bits per heavy atom. The second-order valence-electron chi connectivity index (χ2n) is 6.91. The lowest BCUT2D eigenvalue weighted by Gasteiger charge is -2.31. The Bertz CT molecular complexity index is 931. The van der Waals surface area contributed by atoms with Crippen LogP contribution in [0.25, 0.3) is 11.1 Å². The Kier molecular flexibility index (Phi) is 4.59. The molecule has 1 aliphatic heterocycles. The quantitative estimate of drug-likeness (QED) is 0.681. The Labute approximate surface area is 154 Å². The highest BCUT2D eigenvalue weighted by Gasteiger charge is 2.36. The Morgan fingerprint density at radius 1 is 1.22 bits per heavy atom. The Balaban J connectivity index is 1.54. The second kappa shape index (κ2) is 6.92. The summed E-state index contributed by atoms with van der Waals surface area (Å²) in [6.07, 6.45) is -1.21. The van der Waals surface area contributed by atoms with Crippen molar-refractivity contribution in [2.75, 3.05) is 13.1 Å². The van der Waals surface area contributed by atoms with Crippen molar-refractivity contribution in [2.45, 2.75) is 38.4 Å². The lowest BCUT2D eigenvalue weighted by molar-refractivity contribution is -0.136. The monoisotopic (exact) mass is 376 g/mol. The van der Waals surface area contributed by atoms with Gasteiger partial charge in [-0.05, 0) is 51.1 Å². The minimum Gasteiger partial charge on any atom is -0.336 e. The van der Waals surface area contributed by atoms with Gasteiger partial charge in [-0.3, -0.25) is 9.88 Å². The van der Waals surface area contributed by atoms with E-state index in [2.05, 4.69) is 20.0 Å². The molecule has 0 aromatic carbocycles. The fraction of sp³-hybridized carbons (Fsp3) is 0.421. The summed E-state index contributed by atoms with van der Waals surface area (Å²) in [4.78, 5) is 10.9. The number of pyridine rings is 2. The summed E-state index contributed by atoms with van der Waals surface area (Å²) < 4.78 is 45.6. The molecule has 4 heterocycles.